The van der Waals surface area contributed by atoms with Crippen LogP contribution in [0.5, 0.6) is 0 Å². The van der Waals surface area contributed by atoms with Gasteiger partial charge in [0.2, 0.25) is 0 Å². The highest BCUT2D eigenvalue weighted by Gasteiger charge is 2.28. The topological polar surface area (TPSA) is 29.3 Å². The lowest BCUT2D eigenvalue weighted by molar-refractivity contribution is 0.218. The number of aryl methyl sites for hydroxylation is 1. The Kier molecular flexibility index (Phi) is 3.65. The highest BCUT2D eigenvalue weighted by Crippen LogP contribution is 2.32. The van der Waals surface area contributed by atoms with Gasteiger partial charge in [-0.25, -0.2) is 0 Å². The fraction of sp³-hybridized carbons (Fsp3) is 0.438. The summed E-state index contributed by atoms with van der Waals surface area (Å²) in [6, 6.07) is 8.80. The molecule has 0 aromatic carbocycles. The van der Waals surface area contributed by atoms with E-state index in [9.17, 15) is 0 Å². The zero-order valence-corrected chi connectivity index (χ0v) is 11.4. The Bertz CT molecular complexity index is 504. The summed E-state index contributed by atoms with van der Waals surface area (Å²) in [6.07, 6.45) is 7.22. The maximum atomic E-state index is 5.56. The van der Waals surface area contributed by atoms with E-state index in [1.807, 2.05) is 12.3 Å². The van der Waals surface area contributed by atoms with Crippen molar-refractivity contribution in [3.05, 3.63) is 53.7 Å². The van der Waals surface area contributed by atoms with E-state index in [1.165, 1.54) is 18.4 Å². The molecule has 0 spiro atoms. The van der Waals surface area contributed by atoms with Gasteiger partial charge in [0.1, 0.15) is 5.76 Å². The minimum atomic E-state index is 0.419. The van der Waals surface area contributed by atoms with Crippen LogP contribution in [0.25, 0.3) is 0 Å². The van der Waals surface area contributed by atoms with Crippen LogP contribution in [-0.2, 0) is 13.0 Å². The number of hydrogen-bond donors (Lipinski definition) is 0. The molecule has 0 aliphatic carbocycles. The summed E-state index contributed by atoms with van der Waals surface area (Å²) in [5.74, 6) is 1.09. The van der Waals surface area contributed by atoms with Crippen molar-refractivity contribution >= 4 is 0 Å². The molecule has 3 heterocycles. The molecule has 3 rings (SSSR count). The Morgan fingerprint density at radius 3 is 3.00 bits per heavy atom. The monoisotopic (exact) mass is 256 g/mol. The van der Waals surface area contributed by atoms with Crippen molar-refractivity contribution in [2.75, 3.05) is 6.54 Å². The molecule has 1 aliphatic rings. The van der Waals surface area contributed by atoms with Gasteiger partial charge >= 0.3 is 0 Å². The van der Waals surface area contributed by atoms with Gasteiger partial charge in [-0.15, -0.1) is 0 Å². The molecule has 1 fully saturated rings. The fourth-order valence-electron chi connectivity index (χ4n) is 2.78. The first-order chi connectivity index (χ1) is 9.36. The number of hydrogen-bond acceptors (Lipinski definition) is 3. The van der Waals surface area contributed by atoms with Crippen LogP contribution in [0.3, 0.4) is 0 Å². The summed E-state index contributed by atoms with van der Waals surface area (Å²) in [5.41, 5.74) is 2.45. The van der Waals surface area contributed by atoms with Crippen LogP contribution in [0, 0.1) is 0 Å². The van der Waals surface area contributed by atoms with Crippen LogP contribution in [0.4, 0.5) is 0 Å². The van der Waals surface area contributed by atoms with Gasteiger partial charge < -0.3 is 4.42 Å². The second kappa shape index (κ2) is 5.57. The third-order valence-electron chi connectivity index (χ3n) is 3.89. The van der Waals surface area contributed by atoms with Gasteiger partial charge in [0.05, 0.1) is 18.0 Å². The molecule has 0 radical (unpaired) electrons. The van der Waals surface area contributed by atoms with Gasteiger partial charge in [-0.2, -0.15) is 0 Å². The van der Waals surface area contributed by atoms with Gasteiger partial charge in [-0.3, -0.25) is 9.88 Å². The summed E-state index contributed by atoms with van der Waals surface area (Å²) in [5, 5.41) is 0. The molecule has 19 heavy (non-hydrogen) atoms. The normalized spacial score (nSPS) is 19.9. The van der Waals surface area contributed by atoms with Crippen molar-refractivity contribution in [3.8, 4) is 0 Å². The van der Waals surface area contributed by atoms with E-state index < -0.39 is 0 Å². The van der Waals surface area contributed by atoms with E-state index in [-0.39, 0.29) is 0 Å². The van der Waals surface area contributed by atoms with Crippen LogP contribution in [0.15, 0.2) is 41.1 Å². The van der Waals surface area contributed by atoms with Crippen LogP contribution >= 0.6 is 0 Å². The maximum absolute atomic E-state index is 5.56. The van der Waals surface area contributed by atoms with Gasteiger partial charge in [-0.1, -0.05) is 13.0 Å². The molecule has 0 N–H and O–H groups in total. The Labute approximate surface area is 114 Å². The lowest BCUT2D eigenvalue weighted by atomic mass is 10.1. The molecular formula is C16H20N2O. The molecule has 100 valence electrons. The molecule has 3 heteroatoms. The highest BCUT2D eigenvalue weighted by atomic mass is 16.3. The van der Waals surface area contributed by atoms with Crippen molar-refractivity contribution in [3.63, 3.8) is 0 Å². The zero-order valence-electron chi connectivity index (χ0n) is 11.4. The van der Waals surface area contributed by atoms with E-state index >= 15 is 0 Å². The minimum Gasteiger partial charge on any atom is -0.468 e. The second-order valence-corrected chi connectivity index (χ2v) is 5.16. The number of furan rings is 1. The zero-order chi connectivity index (χ0) is 13.1. The standard InChI is InChI=1S/C16H20N2O/c1-2-13-7-8-14(17-11-13)12-18-9-3-5-15(18)16-6-4-10-19-16/h4,6-8,10-11,15H,2-3,5,9,12H2,1H3. The van der Waals surface area contributed by atoms with Gasteiger partial charge in [0.25, 0.3) is 0 Å². The minimum absolute atomic E-state index is 0.419. The first kappa shape index (κ1) is 12.4. The molecule has 1 unspecified atom stereocenters. The van der Waals surface area contributed by atoms with E-state index in [4.69, 9.17) is 4.42 Å². The molecule has 1 atom stereocenters. The SMILES string of the molecule is CCc1ccc(CN2CCCC2c2ccco2)nc1. The van der Waals surface area contributed by atoms with Crippen LogP contribution in [0.2, 0.25) is 0 Å². The Hall–Kier alpha value is -1.61. The fourth-order valence-corrected chi connectivity index (χ4v) is 2.78. The summed E-state index contributed by atoms with van der Waals surface area (Å²) >= 11 is 0. The predicted octanol–water partition coefficient (Wildman–Crippen LogP) is 3.57. The largest absolute Gasteiger partial charge is 0.468 e. The number of aromatic nitrogens is 1. The Morgan fingerprint density at radius 2 is 2.32 bits per heavy atom. The molecule has 2 aromatic heterocycles. The lowest BCUT2D eigenvalue weighted by Gasteiger charge is -2.22. The van der Waals surface area contributed by atoms with Crippen LogP contribution in [0.1, 0.15) is 42.8 Å². The predicted molar refractivity (Wildman–Crippen MR) is 74.7 cm³/mol. The summed E-state index contributed by atoms with van der Waals surface area (Å²) in [6.45, 7) is 4.20. The first-order valence-corrected chi connectivity index (χ1v) is 7.08. The van der Waals surface area contributed by atoms with Crippen LogP contribution < -0.4 is 0 Å². The molecule has 0 saturated carbocycles. The van der Waals surface area contributed by atoms with E-state index in [1.54, 1.807) is 6.26 Å². The molecular weight excluding hydrogens is 236 g/mol. The maximum Gasteiger partial charge on any atom is 0.120 e. The molecule has 1 aliphatic heterocycles. The average Bonchev–Trinajstić information content (AvgIpc) is 3.10. The molecule has 0 bridgehead atoms. The van der Waals surface area contributed by atoms with Gasteiger partial charge in [0.15, 0.2) is 0 Å². The van der Waals surface area contributed by atoms with Crippen molar-refractivity contribution in [2.45, 2.75) is 38.8 Å². The molecule has 1 saturated heterocycles. The molecule has 2 aromatic rings. The molecule has 0 amide bonds. The smallest absolute Gasteiger partial charge is 0.120 e. The van der Waals surface area contributed by atoms with Crippen molar-refractivity contribution in [1.29, 1.82) is 0 Å². The van der Waals surface area contributed by atoms with Crippen LogP contribution in [-0.4, -0.2) is 16.4 Å². The summed E-state index contributed by atoms with van der Waals surface area (Å²) in [7, 11) is 0. The van der Waals surface area contributed by atoms with Gasteiger partial charge in [0, 0.05) is 12.7 Å². The van der Waals surface area contributed by atoms with E-state index in [2.05, 4.69) is 35.0 Å². The number of nitrogens with zero attached hydrogens (tertiary/aromatic N) is 2. The van der Waals surface area contributed by atoms with Crippen molar-refractivity contribution < 1.29 is 4.42 Å². The average molecular weight is 256 g/mol. The second-order valence-electron chi connectivity index (χ2n) is 5.16. The van der Waals surface area contributed by atoms with Crippen molar-refractivity contribution in [2.24, 2.45) is 0 Å². The van der Waals surface area contributed by atoms with Gasteiger partial charge in [-0.05, 0) is 49.6 Å². The number of pyridine rings is 1. The van der Waals surface area contributed by atoms with E-state index in [0.29, 0.717) is 6.04 Å². The van der Waals surface area contributed by atoms with E-state index in [0.717, 1.165) is 31.0 Å². The quantitative estimate of drug-likeness (QED) is 0.837. The Balaban J connectivity index is 1.71. The third-order valence-corrected chi connectivity index (χ3v) is 3.89. The lowest BCUT2D eigenvalue weighted by Crippen LogP contribution is -2.23. The van der Waals surface area contributed by atoms with Crippen molar-refractivity contribution in [1.82, 2.24) is 9.88 Å². The highest BCUT2D eigenvalue weighted by molar-refractivity contribution is 5.15. The molecule has 3 nitrogen and oxygen atoms in total. The third kappa shape index (κ3) is 2.71. The number of likely N-dealkylation sites (tertiary alicyclic amines) is 1. The number of rotatable bonds is 4. The summed E-state index contributed by atoms with van der Waals surface area (Å²) in [4.78, 5) is 7.02. The first-order valence-electron chi connectivity index (χ1n) is 7.08. The summed E-state index contributed by atoms with van der Waals surface area (Å²) < 4.78 is 5.56. The Morgan fingerprint density at radius 1 is 1.37 bits per heavy atom.